The van der Waals surface area contributed by atoms with Crippen molar-refractivity contribution >= 4 is 25.5 Å². The van der Waals surface area contributed by atoms with Gasteiger partial charge >= 0.3 is 19.8 Å². The first kappa shape index (κ1) is 56.3. The molecular weight excluding hydrogens is 827 g/mol. The molecule has 12 atom stereocenters. The molecule has 1 unspecified atom stereocenters. The Morgan fingerprint density at radius 3 is 1.95 bits per heavy atom. The second-order valence-electron chi connectivity index (χ2n) is 17.4. The van der Waals surface area contributed by atoms with Crippen LogP contribution in [0.5, 0.6) is 0 Å². The number of esters is 2. The van der Waals surface area contributed by atoms with Gasteiger partial charge < -0.3 is 50.1 Å². The molecule has 16 nitrogen and oxygen atoms in total. The Hall–Kier alpha value is -1.82. The van der Waals surface area contributed by atoms with E-state index in [2.05, 4.69) is 6.92 Å². The molecular formula is C45H81O16P. The number of ether oxygens (including phenoxy) is 2. The second-order valence-corrected chi connectivity index (χ2v) is 18.8. The minimum atomic E-state index is -5.44. The van der Waals surface area contributed by atoms with E-state index in [0.717, 1.165) is 38.5 Å². The number of hydrogen-bond acceptors (Lipinski definition) is 15. The van der Waals surface area contributed by atoms with E-state index in [1.165, 1.54) is 63.5 Å². The summed E-state index contributed by atoms with van der Waals surface area (Å²) in [5.41, 5.74) is 0. The van der Waals surface area contributed by atoms with Crippen molar-refractivity contribution in [3.63, 3.8) is 0 Å². The first-order chi connectivity index (χ1) is 29.6. The molecule has 0 aromatic heterocycles. The quantitative estimate of drug-likeness (QED) is 0.0282. The van der Waals surface area contributed by atoms with Crippen molar-refractivity contribution in [3.8, 4) is 0 Å². The van der Waals surface area contributed by atoms with Gasteiger partial charge in [-0.15, -0.1) is 0 Å². The predicted octanol–water partition coefficient (Wildman–Crippen LogP) is 5.65. The largest absolute Gasteiger partial charge is 0.472 e. The van der Waals surface area contributed by atoms with Crippen LogP contribution in [-0.4, -0.2) is 127 Å². The van der Waals surface area contributed by atoms with Crippen molar-refractivity contribution < 1.29 is 78.1 Å². The summed E-state index contributed by atoms with van der Waals surface area (Å²) in [6, 6.07) is 0. The number of ketones is 1. The molecule has 0 amide bonds. The van der Waals surface area contributed by atoms with Crippen LogP contribution < -0.4 is 0 Å². The van der Waals surface area contributed by atoms with Crippen molar-refractivity contribution in [2.75, 3.05) is 13.2 Å². The van der Waals surface area contributed by atoms with Crippen molar-refractivity contribution in [1.29, 1.82) is 0 Å². The smallest absolute Gasteiger partial charge is 0.462 e. The minimum Gasteiger partial charge on any atom is -0.462 e. The molecule has 2 fully saturated rings. The van der Waals surface area contributed by atoms with Crippen molar-refractivity contribution in [1.82, 2.24) is 0 Å². The Morgan fingerprint density at radius 2 is 1.32 bits per heavy atom. The molecule has 2 bridgehead atoms. The summed E-state index contributed by atoms with van der Waals surface area (Å²) in [5.74, 6) is -4.85. The summed E-state index contributed by atoms with van der Waals surface area (Å²) in [5, 5.41) is 78.4. The normalized spacial score (nSPS) is 31.9. The third kappa shape index (κ3) is 22.4. The molecule has 0 aromatic rings. The fourth-order valence-electron chi connectivity index (χ4n) is 8.08. The van der Waals surface area contributed by atoms with Gasteiger partial charge in [0.2, 0.25) is 0 Å². The van der Waals surface area contributed by atoms with Crippen LogP contribution in [-0.2, 0) is 37.5 Å². The van der Waals surface area contributed by atoms with Crippen LogP contribution in [0.4, 0.5) is 0 Å². The summed E-state index contributed by atoms with van der Waals surface area (Å²) in [6.07, 6.45) is 3.43. The number of carbonyl (C=O) groups excluding carboxylic acids is 3. The Morgan fingerprint density at radius 1 is 0.758 bits per heavy atom. The number of aliphatic hydroxyl groups excluding tert-OH is 7. The molecule has 62 heavy (non-hydrogen) atoms. The zero-order chi connectivity index (χ0) is 45.9. The van der Waals surface area contributed by atoms with Crippen LogP contribution in [0, 0.1) is 11.8 Å². The number of rotatable bonds is 22. The maximum absolute atomic E-state index is 13.6. The summed E-state index contributed by atoms with van der Waals surface area (Å²) in [6.45, 7) is 2.83. The Kier molecular flexibility index (Phi) is 29.0. The molecule has 2 rings (SSSR count). The van der Waals surface area contributed by atoms with Gasteiger partial charge in [0.05, 0.1) is 31.0 Å². The SMILES string of the molecule is CCCCCCCCCCCCCCCC(=O)OC[C@@H]1COP(=O)(O)O[C@H]2[C@H](O)[C@@H](O)[C@H](O)[C@@H](CCCCCCC(=O)O1)C(=O)C[C@@H](O)[C@H](/C=C\[C@@H](O)CCCCC)[C@@H](O)[C@H]2O. The number of unbranched alkanes of at least 4 members (excludes halogenated alkanes) is 14. The van der Waals surface area contributed by atoms with E-state index in [1.54, 1.807) is 0 Å². The third-order valence-electron chi connectivity index (χ3n) is 12.0. The van der Waals surface area contributed by atoms with Crippen LogP contribution in [0.3, 0.4) is 0 Å². The van der Waals surface area contributed by atoms with Crippen LogP contribution in [0.25, 0.3) is 0 Å². The highest BCUT2D eigenvalue weighted by molar-refractivity contribution is 7.47. The van der Waals surface area contributed by atoms with E-state index in [-0.39, 0.29) is 19.3 Å². The molecule has 1 aliphatic heterocycles. The minimum absolute atomic E-state index is 0.0252. The average molecular weight is 909 g/mol. The van der Waals surface area contributed by atoms with E-state index in [1.807, 2.05) is 6.92 Å². The summed E-state index contributed by atoms with van der Waals surface area (Å²) in [7, 11) is -5.44. The van der Waals surface area contributed by atoms with Crippen LogP contribution in [0.1, 0.15) is 174 Å². The lowest BCUT2D eigenvalue weighted by molar-refractivity contribution is -0.166. The summed E-state index contributed by atoms with van der Waals surface area (Å²) in [4.78, 5) is 49.9. The third-order valence-corrected chi connectivity index (χ3v) is 13.0. The highest BCUT2D eigenvalue weighted by Crippen LogP contribution is 2.47. The number of hydrogen-bond donors (Lipinski definition) is 8. The fraction of sp³-hybridized carbons (Fsp3) is 0.889. The maximum atomic E-state index is 13.6. The van der Waals surface area contributed by atoms with Crippen molar-refractivity contribution in [2.24, 2.45) is 11.8 Å². The molecule has 2 aliphatic rings. The highest BCUT2D eigenvalue weighted by atomic mass is 31.2. The molecule has 1 aliphatic carbocycles. The number of aliphatic hydroxyl groups is 7. The lowest BCUT2D eigenvalue weighted by Gasteiger charge is -2.36. The lowest BCUT2D eigenvalue weighted by Crippen LogP contribution is -2.55. The molecule has 1 heterocycles. The number of phosphoric acid groups is 1. The van der Waals surface area contributed by atoms with Crippen LogP contribution in [0.15, 0.2) is 12.2 Å². The zero-order valence-corrected chi connectivity index (χ0v) is 38.3. The number of cyclic esters (lactones) is 1. The van der Waals surface area contributed by atoms with E-state index in [0.29, 0.717) is 44.9 Å². The van der Waals surface area contributed by atoms with Gasteiger partial charge in [0, 0.05) is 31.1 Å². The van der Waals surface area contributed by atoms with E-state index >= 15 is 0 Å². The summed E-state index contributed by atoms with van der Waals surface area (Å²) >= 11 is 0. The Balaban J connectivity index is 2.18. The Labute approximate surface area is 369 Å². The van der Waals surface area contributed by atoms with Crippen LogP contribution >= 0.6 is 7.82 Å². The number of fused-ring (bicyclic) bond motifs is 4. The molecule has 0 aromatic carbocycles. The van der Waals surface area contributed by atoms with Crippen LogP contribution in [0.2, 0.25) is 0 Å². The molecule has 8 N–H and O–H groups in total. The standard InChI is InChI=1S/C45H81O16P/c1-3-5-7-8-9-10-11-12-13-14-15-16-21-25-38(49)58-30-33-31-59-62(56,57)61-45-43(54)41(52)35(28-27-32(46)23-19-6-4-2)37(48)29-36(47)34(40(51)42(53)44(45)55)24-20-17-18-22-26-39(50)60-33/h27-28,32-35,37,40-46,48,51-55H,3-26,29-31H2,1-2H3,(H,56,57)/b28-27-/t32-,33+,34-,35-,37+,40+,41+,42-,43+,44+,45+/m0/s1. The fourth-order valence-corrected chi connectivity index (χ4v) is 9.05. The molecule has 1 saturated carbocycles. The van der Waals surface area contributed by atoms with Gasteiger partial charge in [-0.1, -0.05) is 142 Å². The first-order valence-electron chi connectivity index (χ1n) is 23.6. The number of carbonyl (C=O) groups is 3. The van der Waals surface area contributed by atoms with Gasteiger partial charge in [-0.05, 0) is 25.7 Å². The molecule has 0 radical (unpaired) electrons. The second kappa shape index (κ2) is 32.0. The van der Waals surface area contributed by atoms with Gasteiger partial charge in [-0.2, -0.15) is 0 Å². The molecule has 1 saturated heterocycles. The Bertz CT molecular complexity index is 1320. The van der Waals surface area contributed by atoms with Crippen molar-refractivity contribution in [2.45, 2.75) is 229 Å². The van der Waals surface area contributed by atoms with Gasteiger partial charge in [0.15, 0.2) is 6.10 Å². The molecule has 17 heteroatoms. The highest BCUT2D eigenvalue weighted by Gasteiger charge is 2.49. The van der Waals surface area contributed by atoms with Gasteiger partial charge in [0.1, 0.15) is 36.8 Å². The molecule has 0 spiro atoms. The molecule has 362 valence electrons. The van der Waals surface area contributed by atoms with Crippen molar-refractivity contribution in [3.05, 3.63) is 12.2 Å². The monoisotopic (exact) mass is 909 g/mol. The number of phosphoric ester groups is 1. The zero-order valence-electron chi connectivity index (χ0n) is 37.4. The van der Waals surface area contributed by atoms with E-state index in [4.69, 9.17) is 18.5 Å². The maximum Gasteiger partial charge on any atom is 0.472 e. The van der Waals surface area contributed by atoms with Gasteiger partial charge in [0.25, 0.3) is 0 Å². The first-order valence-corrected chi connectivity index (χ1v) is 25.1. The summed E-state index contributed by atoms with van der Waals surface area (Å²) < 4.78 is 34.6. The van der Waals surface area contributed by atoms with Gasteiger partial charge in [-0.25, -0.2) is 4.57 Å². The van der Waals surface area contributed by atoms with Gasteiger partial charge in [-0.3, -0.25) is 23.4 Å². The lowest BCUT2D eigenvalue weighted by atomic mass is 9.83. The predicted molar refractivity (Wildman–Crippen MR) is 231 cm³/mol. The van der Waals surface area contributed by atoms with E-state index in [9.17, 15) is 59.6 Å². The van der Waals surface area contributed by atoms with E-state index < -0.39 is 112 Å². The topological polar surface area (TPSA) is 267 Å². The number of Topliss-reactive ketones (excluding diaryl/α,β-unsaturated/α-hetero) is 1. The average Bonchev–Trinajstić information content (AvgIpc) is 3.23.